The van der Waals surface area contributed by atoms with Crippen LogP contribution in [0.5, 0.6) is 0 Å². The molecule has 0 aromatic carbocycles. The number of aliphatic carboxylic acids is 9. The Morgan fingerprint density at radius 2 is 0.425 bits per heavy atom. The number of rotatable bonds is 15. The first-order valence-electron chi connectivity index (χ1n) is 9.51. The van der Waals surface area contributed by atoms with Gasteiger partial charge in [-0.15, -0.1) is 0 Å². The molecule has 0 rings (SSSR count). The molecule has 0 bridgehead atoms. The van der Waals surface area contributed by atoms with Crippen LogP contribution in [0, 0.1) is 0 Å². The van der Waals surface area contributed by atoms with E-state index in [2.05, 4.69) is 0 Å². The van der Waals surface area contributed by atoms with Gasteiger partial charge in [0.15, 0.2) is 16.8 Å². The summed E-state index contributed by atoms with van der Waals surface area (Å²) >= 11 is 0. The fourth-order valence-electron chi connectivity index (χ4n) is 2.14. The van der Waals surface area contributed by atoms with Crippen LogP contribution in [0.15, 0.2) is 0 Å². The van der Waals surface area contributed by atoms with E-state index in [1.165, 1.54) is 0 Å². The summed E-state index contributed by atoms with van der Waals surface area (Å²) in [4.78, 5) is 91.5. The first-order chi connectivity index (χ1) is 17.3. The Labute approximate surface area is 242 Å². The second-order valence-corrected chi connectivity index (χ2v) is 7.43. The van der Waals surface area contributed by atoms with Crippen LogP contribution >= 0.6 is 0 Å². The number of aliphatic hydroxyl groups is 3. The molecule has 0 aromatic rings. The third-order valence-electron chi connectivity index (χ3n) is 3.86. The zero-order valence-corrected chi connectivity index (χ0v) is 22.3. The van der Waals surface area contributed by atoms with Gasteiger partial charge in [-0.3, -0.25) is 28.8 Å². The van der Waals surface area contributed by atoms with Gasteiger partial charge in [-0.2, -0.15) is 0 Å². The van der Waals surface area contributed by atoms with Crippen LogP contribution in [-0.2, 0) is 43.2 Å². The minimum Gasteiger partial charge on any atom is -0.481 e. The second-order valence-electron chi connectivity index (χ2n) is 7.43. The summed E-state index contributed by atoms with van der Waals surface area (Å²) in [7, 11) is 0. The third kappa shape index (κ3) is 19.2. The predicted octanol–water partition coefficient (Wildman–Crippen LogP) is -4.13. The molecular formula is C18H24NaO21. The van der Waals surface area contributed by atoms with E-state index in [-0.39, 0.29) is 29.6 Å². The molecule has 1 radical (unpaired) electrons. The minimum atomic E-state index is -2.74. The third-order valence-corrected chi connectivity index (χ3v) is 3.86. The predicted molar refractivity (Wildman–Crippen MR) is 117 cm³/mol. The van der Waals surface area contributed by atoms with Gasteiger partial charge in [0, 0.05) is 29.6 Å². The molecule has 223 valence electrons. The molecule has 0 aliphatic carbocycles. The molecule has 0 aliphatic heterocycles. The SMILES string of the molecule is O=C(O)CC(O)(CC(=O)O)C(=O)O.O=C(O)CC(O)(CC(=O)O)C(=O)O.O=C(O)CC(O)(CC(=O)O)C(=O)O.[Na]. The molecule has 0 unspecified atom stereocenters. The second kappa shape index (κ2) is 18.4. The van der Waals surface area contributed by atoms with E-state index >= 15 is 0 Å². The van der Waals surface area contributed by atoms with Gasteiger partial charge < -0.3 is 61.3 Å². The van der Waals surface area contributed by atoms with Crippen molar-refractivity contribution in [2.24, 2.45) is 0 Å². The van der Waals surface area contributed by atoms with Crippen molar-refractivity contribution >= 4 is 83.3 Å². The summed E-state index contributed by atoms with van der Waals surface area (Å²) in [6.45, 7) is 0. The molecule has 0 heterocycles. The summed E-state index contributed by atoms with van der Waals surface area (Å²) in [5.74, 6) is -15.1. The Kier molecular flexibility index (Phi) is 19.9. The molecule has 0 amide bonds. The van der Waals surface area contributed by atoms with Crippen LogP contribution < -0.4 is 0 Å². The zero-order valence-electron chi connectivity index (χ0n) is 20.3. The number of carboxylic acids is 9. The van der Waals surface area contributed by atoms with E-state index in [1.54, 1.807) is 0 Å². The van der Waals surface area contributed by atoms with Gasteiger partial charge in [-0.25, -0.2) is 14.4 Å². The Morgan fingerprint density at radius 1 is 0.325 bits per heavy atom. The normalized spacial score (nSPS) is 10.6. The van der Waals surface area contributed by atoms with Gasteiger partial charge in [-0.1, -0.05) is 0 Å². The Balaban J connectivity index is -0.000000240. The molecule has 0 atom stereocenters. The van der Waals surface area contributed by atoms with Crippen molar-refractivity contribution in [2.75, 3.05) is 0 Å². The molecule has 0 saturated carbocycles. The first kappa shape index (κ1) is 43.2. The van der Waals surface area contributed by atoms with Crippen LogP contribution in [0.4, 0.5) is 0 Å². The maximum Gasteiger partial charge on any atom is 0.336 e. The van der Waals surface area contributed by atoms with Crippen molar-refractivity contribution in [1.82, 2.24) is 0 Å². The molecule has 0 saturated heterocycles. The van der Waals surface area contributed by atoms with Gasteiger partial charge in [0.1, 0.15) is 0 Å². The molecule has 21 nitrogen and oxygen atoms in total. The summed E-state index contributed by atoms with van der Waals surface area (Å²) in [5.41, 5.74) is -8.22. The van der Waals surface area contributed by atoms with Gasteiger partial charge >= 0.3 is 53.7 Å². The minimum absolute atomic E-state index is 0. The number of hydrogen-bond acceptors (Lipinski definition) is 12. The molecule has 0 spiro atoms. The smallest absolute Gasteiger partial charge is 0.336 e. The Morgan fingerprint density at radius 3 is 0.475 bits per heavy atom. The average Bonchev–Trinajstić information content (AvgIpc) is 2.64. The maximum absolute atomic E-state index is 10.3. The van der Waals surface area contributed by atoms with Crippen LogP contribution in [0.2, 0.25) is 0 Å². The van der Waals surface area contributed by atoms with Gasteiger partial charge in [0.2, 0.25) is 0 Å². The van der Waals surface area contributed by atoms with E-state index in [0.29, 0.717) is 0 Å². The topological polar surface area (TPSA) is 396 Å². The molecule has 12 N–H and O–H groups in total. The number of hydrogen-bond donors (Lipinski definition) is 12. The fraction of sp³-hybridized carbons (Fsp3) is 0.500. The first-order valence-corrected chi connectivity index (χ1v) is 9.51. The van der Waals surface area contributed by atoms with Gasteiger partial charge in [0.05, 0.1) is 38.5 Å². The quantitative estimate of drug-likeness (QED) is 0.0795. The van der Waals surface area contributed by atoms with E-state index in [1.807, 2.05) is 0 Å². The van der Waals surface area contributed by atoms with E-state index in [4.69, 9.17) is 61.3 Å². The number of carbonyl (C=O) groups is 9. The van der Waals surface area contributed by atoms with Crippen molar-refractivity contribution in [3.8, 4) is 0 Å². The van der Waals surface area contributed by atoms with Crippen molar-refractivity contribution in [2.45, 2.75) is 55.3 Å². The van der Waals surface area contributed by atoms with Gasteiger partial charge in [-0.05, 0) is 0 Å². The van der Waals surface area contributed by atoms with Crippen molar-refractivity contribution in [3.63, 3.8) is 0 Å². The molecule has 0 aliphatic rings. The van der Waals surface area contributed by atoms with Crippen LogP contribution in [0.3, 0.4) is 0 Å². The molecular weight excluding hydrogens is 575 g/mol. The van der Waals surface area contributed by atoms with Crippen molar-refractivity contribution in [3.05, 3.63) is 0 Å². The summed E-state index contributed by atoms with van der Waals surface area (Å²) in [6.07, 6.45) is -6.87. The monoisotopic (exact) mass is 599 g/mol. The van der Waals surface area contributed by atoms with Crippen molar-refractivity contribution < 1.29 is 104 Å². The molecule has 22 heteroatoms. The molecule has 0 fully saturated rings. The summed E-state index contributed by atoms with van der Waals surface area (Å²) in [5, 5.41) is 101. The van der Waals surface area contributed by atoms with Crippen LogP contribution in [0.25, 0.3) is 0 Å². The Hall–Kier alpha value is -3.89. The van der Waals surface area contributed by atoms with E-state index in [0.717, 1.165) is 0 Å². The Bertz CT molecular complexity index is 812. The standard InChI is InChI=1S/3C6H8O7.Na/c3*7-3(8)1-6(13,5(11)12)2-4(9)10;/h3*13H,1-2H2,(H,7,8)(H,9,10)(H,11,12);. The van der Waals surface area contributed by atoms with Crippen LogP contribution in [-0.4, -0.2) is 161 Å². The fourth-order valence-corrected chi connectivity index (χ4v) is 2.14. The number of carboxylic acid groups (broad SMARTS) is 9. The molecule has 0 aromatic heterocycles. The van der Waals surface area contributed by atoms with E-state index < -0.39 is 109 Å². The maximum atomic E-state index is 10.3. The summed E-state index contributed by atoms with van der Waals surface area (Å²) in [6, 6.07) is 0. The van der Waals surface area contributed by atoms with Crippen molar-refractivity contribution in [1.29, 1.82) is 0 Å². The largest absolute Gasteiger partial charge is 0.481 e. The van der Waals surface area contributed by atoms with Crippen LogP contribution in [0.1, 0.15) is 38.5 Å². The summed E-state index contributed by atoms with van der Waals surface area (Å²) < 4.78 is 0. The zero-order chi connectivity index (χ0) is 31.9. The van der Waals surface area contributed by atoms with E-state index in [9.17, 15) is 43.2 Å². The average molecular weight is 599 g/mol. The van der Waals surface area contributed by atoms with Gasteiger partial charge in [0.25, 0.3) is 0 Å². The molecule has 40 heavy (non-hydrogen) atoms.